The number of rotatable bonds is 3. The van der Waals surface area contributed by atoms with Crippen molar-refractivity contribution in [1.82, 2.24) is 0 Å². The molecule has 0 radical (unpaired) electrons. The summed E-state index contributed by atoms with van der Waals surface area (Å²) in [4.78, 5) is 11.9. The molecule has 2 aromatic rings. The first-order chi connectivity index (χ1) is 10.3. The molecular formula is C18H19NO2. The van der Waals surface area contributed by atoms with E-state index in [1.807, 2.05) is 42.5 Å². The Labute approximate surface area is 124 Å². The van der Waals surface area contributed by atoms with E-state index in [0.717, 1.165) is 42.5 Å². The van der Waals surface area contributed by atoms with Gasteiger partial charge in [-0.15, -0.1) is 0 Å². The fourth-order valence-electron chi connectivity index (χ4n) is 2.71. The molecule has 3 nitrogen and oxygen atoms in total. The Kier molecular flexibility index (Phi) is 4.20. The summed E-state index contributed by atoms with van der Waals surface area (Å²) in [5.74, 6) is 0. The first kappa shape index (κ1) is 13.7. The maximum absolute atomic E-state index is 11.9. The Bertz CT molecular complexity index is 604. The number of hydrogen-bond acceptors (Lipinski definition) is 2. The molecule has 0 heterocycles. The smallest absolute Gasteiger partial charge is 0.411 e. The van der Waals surface area contributed by atoms with E-state index in [2.05, 4.69) is 17.4 Å². The Morgan fingerprint density at radius 3 is 2.43 bits per heavy atom. The van der Waals surface area contributed by atoms with E-state index in [0.29, 0.717) is 0 Å². The van der Waals surface area contributed by atoms with Crippen molar-refractivity contribution in [2.45, 2.75) is 31.8 Å². The van der Waals surface area contributed by atoms with Gasteiger partial charge in [0.05, 0.1) is 0 Å². The third-order valence-electron chi connectivity index (χ3n) is 3.79. The van der Waals surface area contributed by atoms with Gasteiger partial charge in [-0.3, -0.25) is 5.32 Å². The molecule has 1 aliphatic carbocycles. The summed E-state index contributed by atoms with van der Waals surface area (Å²) >= 11 is 0. The normalized spacial score (nSPS) is 14.9. The van der Waals surface area contributed by atoms with Gasteiger partial charge in [0.25, 0.3) is 0 Å². The second-order valence-electron chi connectivity index (χ2n) is 5.38. The first-order valence-corrected chi connectivity index (χ1v) is 7.44. The van der Waals surface area contributed by atoms with E-state index in [1.165, 1.54) is 0 Å². The van der Waals surface area contributed by atoms with Gasteiger partial charge in [-0.05, 0) is 48.9 Å². The number of amides is 1. The van der Waals surface area contributed by atoms with Gasteiger partial charge >= 0.3 is 6.09 Å². The maximum Gasteiger partial charge on any atom is 0.411 e. The Morgan fingerprint density at radius 2 is 1.67 bits per heavy atom. The quantitative estimate of drug-likeness (QED) is 0.873. The average molecular weight is 281 g/mol. The number of anilines is 1. The molecule has 0 saturated heterocycles. The summed E-state index contributed by atoms with van der Waals surface area (Å²) in [5.41, 5.74) is 2.97. The van der Waals surface area contributed by atoms with E-state index in [9.17, 15) is 4.79 Å². The van der Waals surface area contributed by atoms with Crippen LogP contribution in [0.25, 0.3) is 11.1 Å². The Hall–Kier alpha value is -2.29. The van der Waals surface area contributed by atoms with Crippen LogP contribution in [0, 0.1) is 0 Å². The SMILES string of the molecule is O=C(Nc1cccc(-c2ccccc2)c1)OC1CCCC1. The molecule has 1 amide bonds. The lowest BCUT2D eigenvalue weighted by atomic mass is 10.1. The second-order valence-corrected chi connectivity index (χ2v) is 5.38. The summed E-state index contributed by atoms with van der Waals surface area (Å²) < 4.78 is 5.41. The zero-order valence-corrected chi connectivity index (χ0v) is 11.9. The van der Waals surface area contributed by atoms with Gasteiger partial charge in [-0.1, -0.05) is 42.5 Å². The highest BCUT2D eigenvalue weighted by Gasteiger charge is 2.19. The molecule has 1 fully saturated rings. The number of hydrogen-bond donors (Lipinski definition) is 1. The minimum absolute atomic E-state index is 0.0855. The molecule has 0 aliphatic heterocycles. The van der Waals surface area contributed by atoms with Crippen LogP contribution in [0.15, 0.2) is 54.6 Å². The molecular weight excluding hydrogens is 262 g/mol. The standard InChI is InChI=1S/C18H19NO2/c20-18(21-17-11-4-5-12-17)19-16-10-6-9-15(13-16)14-7-2-1-3-8-14/h1-3,6-10,13,17H,4-5,11-12H2,(H,19,20). The van der Waals surface area contributed by atoms with E-state index in [1.54, 1.807) is 0 Å². The van der Waals surface area contributed by atoms with E-state index in [4.69, 9.17) is 4.74 Å². The highest BCUT2D eigenvalue weighted by molar-refractivity contribution is 5.86. The van der Waals surface area contributed by atoms with E-state index >= 15 is 0 Å². The Balaban J connectivity index is 1.67. The zero-order valence-electron chi connectivity index (χ0n) is 11.9. The predicted octanol–water partition coefficient (Wildman–Crippen LogP) is 4.84. The van der Waals surface area contributed by atoms with Crippen molar-refractivity contribution in [2.24, 2.45) is 0 Å². The van der Waals surface area contributed by atoms with Crippen LogP contribution in [-0.2, 0) is 4.74 Å². The molecule has 1 aliphatic rings. The highest BCUT2D eigenvalue weighted by atomic mass is 16.6. The summed E-state index contributed by atoms with van der Waals surface area (Å²) in [5, 5.41) is 2.82. The van der Waals surface area contributed by atoms with Crippen molar-refractivity contribution in [3.05, 3.63) is 54.6 Å². The molecule has 1 N–H and O–H groups in total. The van der Waals surface area contributed by atoms with Crippen molar-refractivity contribution in [1.29, 1.82) is 0 Å². The van der Waals surface area contributed by atoms with Crippen molar-refractivity contribution in [2.75, 3.05) is 5.32 Å². The van der Waals surface area contributed by atoms with Gasteiger partial charge in [0.1, 0.15) is 6.10 Å². The molecule has 21 heavy (non-hydrogen) atoms. The zero-order chi connectivity index (χ0) is 14.5. The fraction of sp³-hybridized carbons (Fsp3) is 0.278. The van der Waals surface area contributed by atoms with Crippen LogP contribution in [0.4, 0.5) is 10.5 Å². The van der Waals surface area contributed by atoms with E-state index < -0.39 is 0 Å². The third kappa shape index (κ3) is 3.63. The largest absolute Gasteiger partial charge is 0.446 e. The molecule has 108 valence electrons. The van der Waals surface area contributed by atoms with Crippen LogP contribution in [0.3, 0.4) is 0 Å². The van der Waals surface area contributed by atoms with Crippen molar-refractivity contribution < 1.29 is 9.53 Å². The van der Waals surface area contributed by atoms with Gasteiger partial charge < -0.3 is 4.74 Å². The van der Waals surface area contributed by atoms with Crippen LogP contribution >= 0.6 is 0 Å². The molecule has 0 spiro atoms. The second kappa shape index (κ2) is 6.44. The predicted molar refractivity (Wildman–Crippen MR) is 84.2 cm³/mol. The molecule has 2 aromatic carbocycles. The van der Waals surface area contributed by atoms with Crippen LogP contribution in [0.5, 0.6) is 0 Å². The summed E-state index contributed by atoms with van der Waals surface area (Å²) in [6.45, 7) is 0. The van der Waals surface area contributed by atoms with Crippen LogP contribution in [0.1, 0.15) is 25.7 Å². The fourth-order valence-corrected chi connectivity index (χ4v) is 2.71. The molecule has 0 bridgehead atoms. The topological polar surface area (TPSA) is 38.3 Å². The molecule has 0 atom stereocenters. The van der Waals surface area contributed by atoms with E-state index in [-0.39, 0.29) is 12.2 Å². The Morgan fingerprint density at radius 1 is 0.952 bits per heavy atom. The van der Waals surface area contributed by atoms with Gasteiger partial charge in [0.15, 0.2) is 0 Å². The monoisotopic (exact) mass is 281 g/mol. The molecule has 3 rings (SSSR count). The van der Waals surface area contributed by atoms with Crippen molar-refractivity contribution in [3.8, 4) is 11.1 Å². The van der Waals surface area contributed by atoms with Gasteiger partial charge in [-0.2, -0.15) is 0 Å². The molecule has 0 unspecified atom stereocenters. The molecule has 3 heteroatoms. The van der Waals surface area contributed by atoms with Gasteiger partial charge in [0, 0.05) is 5.69 Å². The summed E-state index contributed by atoms with van der Waals surface area (Å²) in [6, 6.07) is 17.9. The lowest BCUT2D eigenvalue weighted by molar-refractivity contribution is 0.114. The number of carbonyl (C=O) groups excluding carboxylic acids is 1. The van der Waals surface area contributed by atoms with Crippen molar-refractivity contribution >= 4 is 11.8 Å². The molecule has 0 aromatic heterocycles. The van der Waals surface area contributed by atoms with Gasteiger partial charge in [0.2, 0.25) is 0 Å². The van der Waals surface area contributed by atoms with Gasteiger partial charge in [-0.25, -0.2) is 4.79 Å². The average Bonchev–Trinajstić information content (AvgIpc) is 3.01. The summed E-state index contributed by atoms with van der Waals surface area (Å²) in [7, 11) is 0. The number of benzene rings is 2. The highest BCUT2D eigenvalue weighted by Crippen LogP contribution is 2.24. The number of nitrogens with one attached hydrogen (secondary N) is 1. The minimum Gasteiger partial charge on any atom is -0.446 e. The molecule has 1 saturated carbocycles. The van der Waals surface area contributed by atoms with Crippen LogP contribution in [0.2, 0.25) is 0 Å². The number of carbonyl (C=O) groups is 1. The number of ether oxygens (including phenoxy) is 1. The first-order valence-electron chi connectivity index (χ1n) is 7.44. The van der Waals surface area contributed by atoms with Crippen LogP contribution < -0.4 is 5.32 Å². The maximum atomic E-state index is 11.9. The third-order valence-corrected chi connectivity index (χ3v) is 3.79. The minimum atomic E-state index is -0.355. The lowest BCUT2D eigenvalue weighted by Crippen LogP contribution is -2.20. The lowest BCUT2D eigenvalue weighted by Gasteiger charge is -2.12. The summed E-state index contributed by atoms with van der Waals surface area (Å²) in [6.07, 6.45) is 4.01. The van der Waals surface area contributed by atoms with Crippen LogP contribution in [-0.4, -0.2) is 12.2 Å². The van der Waals surface area contributed by atoms with Crippen molar-refractivity contribution in [3.63, 3.8) is 0 Å².